The number of rotatable bonds is 2. The molecule has 82 valence electrons. The van der Waals surface area contributed by atoms with Crippen LogP contribution in [0.3, 0.4) is 0 Å². The summed E-state index contributed by atoms with van der Waals surface area (Å²) in [4.78, 5) is 0. The van der Waals surface area contributed by atoms with Crippen LogP contribution in [0.2, 0.25) is 0 Å². The minimum atomic E-state index is 0.656. The highest BCUT2D eigenvalue weighted by Gasteiger charge is 2.23. The van der Waals surface area contributed by atoms with Gasteiger partial charge in [-0.2, -0.15) is 0 Å². The number of halogens is 1. The van der Waals surface area contributed by atoms with Crippen molar-refractivity contribution in [1.29, 1.82) is 0 Å². The average molecular weight is 268 g/mol. The van der Waals surface area contributed by atoms with Crippen LogP contribution in [0.15, 0.2) is 22.7 Å². The molecule has 1 aromatic carbocycles. The second-order valence-electron chi connectivity index (χ2n) is 4.60. The van der Waals surface area contributed by atoms with Crippen molar-refractivity contribution in [3.8, 4) is 0 Å². The third kappa shape index (κ3) is 2.36. The van der Waals surface area contributed by atoms with Crippen LogP contribution in [0.1, 0.15) is 31.7 Å². The zero-order chi connectivity index (χ0) is 10.8. The van der Waals surface area contributed by atoms with Gasteiger partial charge < -0.3 is 5.32 Å². The van der Waals surface area contributed by atoms with Gasteiger partial charge in [0.15, 0.2) is 0 Å². The molecule has 0 aromatic heterocycles. The van der Waals surface area contributed by atoms with E-state index in [9.17, 15) is 0 Å². The van der Waals surface area contributed by atoms with E-state index >= 15 is 0 Å². The van der Waals surface area contributed by atoms with Gasteiger partial charge in [0.1, 0.15) is 0 Å². The Morgan fingerprint density at radius 3 is 2.80 bits per heavy atom. The molecule has 0 spiro atoms. The first-order chi connectivity index (χ1) is 7.18. The van der Waals surface area contributed by atoms with Gasteiger partial charge in [0.05, 0.1) is 0 Å². The molecule has 15 heavy (non-hydrogen) atoms. The highest BCUT2D eigenvalue weighted by atomic mass is 79.9. The standard InChI is InChI=1S/C13H18BrN/c1-9-5-3-7-11(9)15-12-8-4-6-10(2)13(12)14/h4,6,8-9,11,15H,3,5,7H2,1-2H3. The van der Waals surface area contributed by atoms with Gasteiger partial charge >= 0.3 is 0 Å². The molecule has 0 aliphatic heterocycles. The van der Waals surface area contributed by atoms with Crippen LogP contribution in [0.25, 0.3) is 0 Å². The smallest absolute Gasteiger partial charge is 0.0489 e. The largest absolute Gasteiger partial charge is 0.381 e. The van der Waals surface area contributed by atoms with Crippen LogP contribution < -0.4 is 5.32 Å². The van der Waals surface area contributed by atoms with E-state index in [0.29, 0.717) is 6.04 Å². The minimum absolute atomic E-state index is 0.656. The Hall–Kier alpha value is -0.500. The van der Waals surface area contributed by atoms with Crippen LogP contribution in [0.4, 0.5) is 5.69 Å². The molecule has 0 heterocycles. The Balaban J connectivity index is 2.13. The lowest BCUT2D eigenvalue weighted by Gasteiger charge is -2.20. The molecule has 1 fully saturated rings. The number of benzene rings is 1. The van der Waals surface area contributed by atoms with Gasteiger partial charge in [-0.25, -0.2) is 0 Å². The van der Waals surface area contributed by atoms with E-state index in [-0.39, 0.29) is 0 Å². The maximum Gasteiger partial charge on any atom is 0.0489 e. The zero-order valence-corrected chi connectivity index (χ0v) is 11.0. The maximum atomic E-state index is 3.65. The third-order valence-corrected chi connectivity index (χ3v) is 4.45. The van der Waals surface area contributed by atoms with Crippen LogP contribution in [-0.2, 0) is 0 Å². The molecule has 0 radical (unpaired) electrons. The molecule has 1 N–H and O–H groups in total. The molecule has 2 rings (SSSR count). The zero-order valence-electron chi connectivity index (χ0n) is 9.39. The number of aryl methyl sites for hydroxylation is 1. The molecular formula is C13H18BrN. The molecule has 1 aromatic rings. The third-order valence-electron chi connectivity index (χ3n) is 3.39. The molecule has 1 aliphatic carbocycles. The van der Waals surface area contributed by atoms with Crippen LogP contribution in [0.5, 0.6) is 0 Å². The first kappa shape index (κ1) is 11.0. The second-order valence-corrected chi connectivity index (χ2v) is 5.39. The van der Waals surface area contributed by atoms with Crippen molar-refractivity contribution in [1.82, 2.24) is 0 Å². The number of nitrogens with one attached hydrogen (secondary N) is 1. The summed E-state index contributed by atoms with van der Waals surface area (Å²) in [7, 11) is 0. The Morgan fingerprint density at radius 1 is 1.33 bits per heavy atom. The fourth-order valence-corrected chi connectivity index (χ4v) is 2.70. The van der Waals surface area contributed by atoms with E-state index in [0.717, 1.165) is 5.92 Å². The van der Waals surface area contributed by atoms with Crippen molar-refractivity contribution in [2.24, 2.45) is 5.92 Å². The van der Waals surface area contributed by atoms with Gasteiger partial charge in [0, 0.05) is 16.2 Å². The van der Waals surface area contributed by atoms with Gasteiger partial charge in [-0.05, 0) is 53.2 Å². The van der Waals surface area contributed by atoms with Gasteiger partial charge in [-0.1, -0.05) is 25.5 Å². The molecule has 2 heteroatoms. The fourth-order valence-electron chi connectivity index (χ4n) is 2.32. The van der Waals surface area contributed by atoms with E-state index in [2.05, 4.69) is 53.3 Å². The highest BCUT2D eigenvalue weighted by Crippen LogP contribution is 2.32. The summed E-state index contributed by atoms with van der Waals surface area (Å²) in [6, 6.07) is 7.06. The van der Waals surface area contributed by atoms with E-state index in [1.54, 1.807) is 0 Å². The summed E-state index contributed by atoms with van der Waals surface area (Å²) >= 11 is 3.64. The molecule has 0 amide bonds. The SMILES string of the molecule is Cc1cccc(NC2CCCC2C)c1Br. The summed E-state index contributed by atoms with van der Waals surface area (Å²) in [6.45, 7) is 4.47. The fraction of sp³-hybridized carbons (Fsp3) is 0.538. The molecule has 1 saturated carbocycles. The normalized spacial score (nSPS) is 25.5. The maximum absolute atomic E-state index is 3.65. The molecular weight excluding hydrogens is 250 g/mol. The van der Waals surface area contributed by atoms with Crippen LogP contribution in [0, 0.1) is 12.8 Å². The molecule has 0 saturated heterocycles. The Labute approximate surface area is 100 Å². The summed E-state index contributed by atoms with van der Waals surface area (Å²) in [5.41, 5.74) is 2.54. The van der Waals surface area contributed by atoms with Crippen molar-refractivity contribution < 1.29 is 0 Å². The minimum Gasteiger partial charge on any atom is -0.381 e. The Bertz CT molecular complexity index is 348. The van der Waals surface area contributed by atoms with Crippen LogP contribution >= 0.6 is 15.9 Å². The van der Waals surface area contributed by atoms with Crippen molar-refractivity contribution >= 4 is 21.6 Å². The summed E-state index contributed by atoms with van der Waals surface area (Å²) < 4.78 is 1.21. The molecule has 2 atom stereocenters. The Kier molecular flexibility index (Phi) is 3.35. The first-order valence-corrected chi connectivity index (χ1v) is 6.49. The van der Waals surface area contributed by atoms with Crippen molar-refractivity contribution in [3.05, 3.63) is 28.2 Å². The van der Waals surface area contributed by atoms with Crippen LogP contribution in [-0.4, -0.2) is 6.04 Å². The van der Waals surface area contributed by atoms with Gasteiger partial charge in [0.2, 0.25) is 0 Å². The van der Waals surface area contributed by atoms with Gasteiger partial charge in [-0.15, -0.1) is 0 Å². The summed E-state index contributed by atoms with van der Waals surface area (Å²) in [5, 5.41) is 3.65. The number of hydrogen-bond acceptors (Lipinski definition) is 1. The van der Waals surface area contributed by atoms with Gasteiger partial charge in [0.25, 0.3) is 0 Å². The lowest BCUT2D eigenvalue weighted by Crippen LogP contribution is -2.22. The van der Waals surface area contributed by atoms with E-state index in [1.807, 2.05) is 0 Å². The topological polar surface area (TPSA) is 12.0 Å². The predicted octanol–water partition coefficient (Wildman–Crippen LogP) is 4.36. The number of anilines is 1. The molecule has 1 nitrogen and oxygen atoms in total. The van der Waals surface area contributed by atoms with E-state index < -0.39 is 0 Å². The van der Waals surface area contributed by atoms with Gasteiger partial charge in [-0.3, -0.25) is 0 Å². The van der Waals surface area contributed by atoms with Crippen molar-refractivity contribution in [2.75, 3.05) is 5.32 Å². The predicted molar refractivity (Wildman–Crippen MR) is 69.3 cm³/mol. The second kappa shape index (κ2) is 4.56. The average Bonchev–Trinajstić information content (AvgIpc) is 2.60. The van der Waals surface area contributed by atoms with E-state index in [4.69, 9.17) is 0 Å². The summed E-state index contributed by atoms with van der Waals surface area (Å²) in [5.74, 6) is 0.803. The molecule has 2 unspecified atom stereocenters. The monoisotopic (exact) mass is 267 g/mol. The lowest BCUT2D eigenvalue weighted by molar-refractivity contribution is 0.556. The quantitative estimate of drug-likeness (QED) is 0.840. The highest BCUT2D eigenvalue weighted by molar-refractivity contribution is 9.10. The lowest BCUT2D eigenvalue weighted by atomic mass is 10.1. The van der Waals surface area contributed by atoms with Crippen molar-refractivity contribution in [2.45, 2.75) is 39.2 Å². The van der Waals surface area contributed by atoms with Crippen molar-refractivity contribution in [3.63, 3.8) is 0 Å². The molecule has 1 aliphatic rings. The Morgan fingerprint density at radius 2 is 2.13 bits per heavy atom. The number of hydrogen-bond donors (Lipinski definition) is 1. The molecule has 0 bridgehead atoms. The van der Waals surface area contributed by atoms with E-state index in [1.165, 1.54) is 35.0 Å². The summed E-state index contributed by atoms with van der Waals surface area (Å²) in [6.07, 6.45) is 4.03. The first-order valence-electron chi connectivity index (χ1n) is 5.70.